The van der Waals surface area contributed by atoms with Gasteiger partial charge in [0.1, 0.15) is 23.2 Å². The maximum Gasteiger partial charge on any atom is 0.196 e. The quantitative estimate of drug-likeness (QED) is 0.541. The summed E-state index contributed by atoms with van der Waals surface area (Å²) in [6, 6.07) is 16.0. The van der Waals surface area contributed by atoms with Crippen molar-refractivity contribution in [3.05, 3.63) is 60.4 Å². The number of aromatic nitrogens is 2. The van der Waals surface area contributed by atoms with E-state index >= 15 is 0 Å². The SMILES string of the molecule is CCOc1ccc(CN(C)c2ncnc3c2oc2ccccc23)cc1. The van der Waals surface area contributed by atoms with Gasteiger partial charge in [0.05, 0.1) is 6.61 Å². The number of hydrogen-bond donors (Lipinski definition) is 0. The molecule has 2 aromatic carbocycles. The minimum absolute atomic E-state index is 0.671. The highest BCUT2D eigenvalue weighted by atomic mass is 16.5. The molecule has 2 aromatic heterocycles. The molecule has 0 saturated heterocycles. The molecule has 0 bridgehead atoms. The first-order valence-corrected chi connectivity index (χ1v) is 8.31. The standard InChI is InChI=1S/C20H19N3O2/c1-3-24-15-10-8-14(9-11-15)12-23(2)20-19-18(21-13-22-20)16-6-4-5-7-17(16)25-19/h4-11,13H,3,12H2,1-2H3. The predicted molar refractivity (Wildman–Crippen MR) is 99.0 cm³/mol. The zero-order chi connectivity index (χ0) is 17.2. The molecule has 2 heterocycles. The van der Waals surface area contributed by atoms with E-state index in [4.69, 9.17) is 9.15 Å². The van der Waals surface area contributed by atoms with Crippen LogP contribution in [-0.2, 0) is 6.54 Å². The Bertz CT molecular complexity index is 1010. The highest BCUT2D eigenvalue weighted by Crippen LogP contribution is 2.32. The number of ether oxygens (including phenoxy) is 1. The molecule has 0 unspecified atom stereocenters. The highest BCUT2D eigenvalue weighted by molar-refractivity contribution is 6.05. The van der Waals surface area contributed by atoms with Crippen molar-refractivity contribution in [2.45, 2.75) is 13.5 Å². The molecule has 0 aliphatic rings. The molecule has 0 aliphatic heterocycles. The largest absolute Gasteiger partial charge is 0.494 e. The van der Waals surface area contributed by atoms with Gasteiger partial charge in [-0.3, -0.25) is 0 Å². The van der Waals surface area contributed by atoms with Gasteiger partial charge in [-0.15, -0.1) is 0 Å². The van der Waals surface area contributed by atoms with E-state index < -0.39 is 0 Å². The molecule has 0 amide bonds. The van der Waals surface area contributed by atoms with Crippen LogP contribution in [0, 0.1) is 0 Å². The van der Waals surface area contributed by atoms with Crippen LogP contribution in [0.4, 0.5) is 5.82 Å². The highest BCUT2D eigenvalue weighted by Gasteiger charge is 2.15. The van der Waals surface area contributed by atoms with Crippen LogP contribution < -0.4 is 9.64 Å². The summed E-state index contributed by atoms with van der Waals surface area (Å²) in [4.78, 5) is 10.9. The molecule has 4 aromatic rings. The number of anilines is 1. The zero-order valence-electron chi connectivity index (χ0n) is 14.3. The molecule has 25 heavy (non-hydrogen) atoms. The van der Waals surface area contributed by atoms with Crippen LogP contribution in [0.5, 0.6) is 5.75 Å². The third kappa shape index (κ3) is 2.89. The summed E-state index contributed by atoms with van der Waals surface area (Å²) in [5.74, 6) is 1.67. The third-order valence-electron chi connectivity index (χ3n) is 4.15. The lowest BCUT2D eigenvalue weighted by molar-refractivity contribution is 0.340. The Hall–Kier alpha value is -3.08. The number of rotatable bonds is 5. The molecule has 0 fully saturated rings. The number of nitrogens with zero attached hydrogens (tertiary/aromatic N) is 3. The molecule has 4 rings (SSSR count). The van der Waals surface area contributed by atoms with E-state index in [2.05, 4.69) is 27.0 Å². The van der Waals surface area contributed by atoms with Crippen molar-refractivity contribution >= 4 is 27.9 Å². The third-order valence-corrected chi connectivity index (χ3v) is 4.15. The monoisotopic (exact) mass is 333 g/mol. The average Bonchev–Trinajstić information content (AvgIpc) is 3.02. The van der Waals surface area contributed by atoms with Gasteiger partial charge in [-0.25, -0.2) is 9.97 Å². The van der Waals surface area contributed by atoms with Gasteiger partial charge < -0.3 is 14.1 Å². The van der Waals surface area contributed by atoms with E-state index in [0.717, 1.165) is 40.2 Å². The summed E-state index contributed by atoms with van der Waals surface area (Å²) in [6.07, 6.45) is 1.59. The minimum atomic E-state index is 0.671. The summed E-state index contributed by atoms with van der Waals surface area (Å²) < 4.78 is 11.5. The average molecular weight is 333 g/mol. The molecular weight excluding hydrogens is 314 g/mol. The Kier molecular flexibility index (Phi) is 3.98. The van der Waals surface area contributed by atoms with Crippen LogP contribution in [-0.4, -0.2) is 23.6 Å². The number of furan rings is 1. The first kappa shape index (κ1) is 15.4. The minimum Gasteiger partial charge on any atom is -0.494 e. The van der Waals surface area contributed by atoms with Crippen LogP contribution in [0.1, 0.15) is 12.5 Å². The second-order valence-corrected chi connectivity index (χ2v) is 5.91. The Morgan fingerprint density at radius 1 is 1.04 bits per heavy atom. The predicted octanol–water partition coefficient (Wildman–Crippen LogP) is 4.41. The number of benzene rings is 2. The summed E-state index contributed by atoms with van der Waals surface area (Å²) in [5, 5.41) is 1.01. The van der Waals surface area contributed by atoms with E-state index in [-0.39, 0.29) is 0 Å². The fourth-order valence-electron chi connectivity index (χ4n) is 2.99. The van der Waals surface area contributed by atoms with Crippen molar-refractivity contribution in [2.75, 3.05) is 18.6 Å². The zero-order valence-corrected chi connectivity index (χ0v) is 14.3. The molecule has 126 valence electrons. The van der Waals surface area contributed by atoms with E-state index in [1.165, 1.54) is 5.56 Å². The first-order chi connectivity index (χ1) is 12.3. The maximum absolute atomic E-state index is 6.01. The van der Waals surface area contributed by atoms with Crippen molar-refractivity contribution in [1.82, 2.24) is 9.97 Å². The van der Waals surface area contributed by atoms with Crippen molar-refractivity contribution in [3.8, 4) is 5.75 Å². The van der Waals surface area contributed by atoms with Crippen LogP contribution in [0.3, 0.4) is 0 Å². The number of para-hydroxylation sites is 1. The van der Waals surface area contributed by atoms with E-state index in [1.54, 1.807) is 6.33 Å². The normalized spacial score (nSPS) is 11.1. The van der Waals surface area contributed by atoms with Crippen LogP contribution in [0.2, 0.25) is 0 Å². The maximum atomic E-state index is 6.01. The van der Waals surface area contributed by atoms with Gasteiger partial charge in [0, 0.05) is 19.0 Å². The topological polar surface area (TPSA) is 51.4 Å². The lowest BCUT2D eigenvalue weighted by Gasteiger charge is -2.18. The molecule has 0 atom stereocenters. The van der Waals surface area contributed by atoms with E-state index in [1.807, 2.05) is 50.4 Å². The summed E-state index contributed by atoms with van der Waals surface area (Å²) in [5.41, 5.74) is 3.57. The smallest absolute Gasteiger partial charge is 0.196 e. The van der Waals surface area contributed by atoms with E-state index in [0.29, 0.717) is 6.61 Å². The van der Waals surface area contributed by atoms with Crippen LogP contribution in [0.15, 0.2) is 59.3 Å². The summed E-state index contributed by atoms with van der Waals surface area (Å²) in [7, 11) is 2.01. The van der Waals surface area contributed by atoms with Crippen molar-refractivity contribution in [3.63, 3.8) is 0 Å². The van der Waals surface area contributed by atoms with Crippen molar-refractivity contribution < 1.29 is 9.15 Å². The van der Waals surface area contributed by atoms with Gasteiger partial charge in [-0.2, -0.15) is 0 Å². The van der Waals surface area contributed by atoms with Crippen LogP contribution >= 0.6 is 0 Å². The Labute approximate surface area is 145 Å². The van der Waals surface area contributed by atoms with Crippen LogP contribution in [0.25, 0.3) is 22.1 Å². The summed E-state index contributed by atoms with van der Waals surface area (Å²) >= 11 is 0. The lowest BCUT2D eigenvalue weighted by atomic mass is 10.2. The first-order valence-electron chi connectivity index (χ1n) is 8.31. The fourth-order valence-corrected chi connectivity index (χ4v) is 2.99. The van der Waals surface area contributed by atoms with Gasteiger partial charge in [0.2, 0.25) is 0 Å². The Balaban J connectivity index is 1.66. The van der Waals surface area contributed by atoms with E-state index in [9.17, 15) is 0 Å². The van der Waals surface area contributed by atoms with Gasteiger partial charge in [-0.1, -0.05) is 24.3 Å². The lowest BCUT2D eigenvalue weighted by Crippen LogP contribution is -2.18. The molecular formula is C20H19N3O2. The van der Waals surface area contributed by atoms with Gasteiger partial charge in [0.25, 0.3) is 0 Å². The molecule has 5 heteroatoms. The van der Waals surface area contributed by atoms with Crippen molar-refractivity contribution in [2.24, 2.45) is 0 Å². The fraction of sp³-hybridized carbons (Fsp3) is 0.200. The second kappa shape index (κ2) is 6.43. The Morgan fingerprint density at radius 3 is 2.64 bits per heavy atom. The number of fused-ring (bicyclic) bond motifs is 3. The molecule has 0 radical (unpaired) electrons. The van der Waals surface area contributed by atoms with Gasteiger partial charge in [-0.05, 0) is 36.8 Å². The molecule has 0 aliphatic carbocycles. The van der Waals surface area contributed by atoms with Gasteiger partial charge in [0.15, 0.2) is 11.4 Å². The molecule has 5 nitrogen and oxygen atoms in total. The molecule has 0 saturated carbocycles. The second-order valence-electron chi connectivity index (χ2n) is 5.91. The molecule has 0 spiro atoms. The number of hydrogen-bond acceptors (Lipinski definition) is 5. The Morgan fingerprint density at radius 2 is 1.84 bits per heavy atom. The molecule has 0 N–H and O–H groups in total. The summed E-state index contributed by atoms with van der Waals surface area (Å²) in [6.45, 7) is 3.37. The van der Waals surface area contributed by atoms with Gasteiger partial charge >= 0.3 is 0 Å². The van der Waals surface area contributed by atoms with Crippen molar-refractivity contribution in [1.29, 1.82) is 0 Å².